The Kier molecular flexibility index (Phi) is 3.98. The molecule has 0 fully saturated rings. The molecular formula is C14H15IO7. The topological polar surface area (TPSA) is 96.0 Å². The molecule has 1 aromatic carbocycles. The predicted octanol–water partition coefficient (Wildman–Crippen LogP) is 2.06. The van der Waals surface area contributed by atoms with Crippen molar-refractivity contribution in [2.75, 3.05) is 4.43 Å². The Hall–Kier alpha value is -1.97. The number of carbonyl (C=O) groups excluding carboxylic acids is 4. The summed E-state index contributed by atoms with van der Waals surface area (Å²) in [6.07, 6.45) is 0. The molecule has 0 radical (unpaired) electrons. The second kappa shape index (κ2) is 5.34. The Morgan fingerprint density at radius 1 is 1.05 bits per heavy atom. The number of rotatable bonds is 4. The molecule has 0 unspecified atom stereocenters. The van der Waals surface area contributed by atoms with Gasteiger partial charge in [-0.1, -0.05) is 0 Å². The van der Waals surface area contributed by atoms with Gasteiger partial charge in [-0.3, -0.25) is 0 Å². The van der Waals surface area contributed by atoms with Crippen LogP contribution in [0, 0.1) is 3.57 Å². The minimum atomic E-state index is -5.53. The quantitative estimate of drug-likeness (QED) is 0.542. The van der Waals surface area contributed by atoms with Crippen molar-refractivity contribution in [1.29, 1.82) is 0 Å². The van der Waals surface area contributed by atoms with Crippen molar-refractivity contribution in [2.24, 2.45) is 0 Å². The van der Waals surface area contributed by atoms with E-state index in [0.29, 0.717) is 0 Å². The van der Waals surface area contributed by atoms with Crippen LogP contribution >= 0.6 is 18.3 Å². The van der Waals surface area contributed by atoms with Crippen molar-refractivity contribution in [3.05, 3.63) is 33.4 Å². The Balaban J connectivity index is 2.80. The fourth-order valence-corrected chi connectivity index (χ4v) is 11.9. The van der Waals surface area contributed by atoms with E-state index in [0.717, 1.165) is 13.8 Å². The van der Waals surface area contributed by atoms with Gasteiger partial charge in [0.15, 0.2) is 0 Å². The molecule has 0 saturated carbocycles. The van der Waals surface area contributed by atoms with Crippen molar-refractivity contribution in [3.63, 3.8) is 0 Å². The summed E-state index contributed by atoms with van der Waals surface area (Å²) in [6.45, 7) is 3.45. The van der Waals surface area contributed by atoms with Crippen molar-refractivity contribution >= 4 is 42.0 Å². The van der Waals surface area contributed by atoms with Gasteiger partial charge in [-0.25, -0.2) is 0 Å². The van der Waals surface area contributed by atoms with Crippen LogP contribution in [0.2, 0.25) is 0 Å². The Morgan fingerprint density at radius 3 is 2.09 bits per heavy atom. The summed E-state index contributed by atoms with van der Waals surface area (Å²) >= 11 is -5.53. The number of alkyl halides is 1. The summed E-state index contributed by atoms with van der Waals surface area (Å²) in [5.41, 5.74) is 0.139. The summed E-state index contributed by atoms with van der Waals surface area (Å²) in [5.74, 6) is -2.77. The normalized spacial score (nSPS) is 19.0. The Labute approximate surface area is 129 Å². The second-order valence-corrected chi connectivity index (χ2v) is 13.0. The Morgan fingerprint density at radius 2 is 1.59 bits per heavy atom. The maximum atomic E-state index is 12.2. The van der Waals surface area contributed by atoms with Crippen LogP contribution < -0.4 is 0 Å². The average molecular weight is 422 g/mol. The molecule has 1 heterocycles. The minimum absolute atomic E-state index is 0.139. The van der Waals surface area contributed by atoms with Gasteiger partial charge in [0.2, 0.25) is 0 Å². The number of benzene rings is 1. The van der Waals surface area contributed by atoms with Crippen molar-refractivity contribution in [2.45, 2.75) is 20.8 Å². The van der Waals surface area contributed by atoms with E-state index in [2.05, 4.69) is 0 Å². The molecule has 7 nitrogen and oxygen atoms in total. The van der Waals surface area contributed by atoms with E-state index < -0.39 is 46.4 Å². The molecule has 0 bridgehead atoms. The van der Waals surface area contributed by atoms with Gasteiger partial charge in [0.05, 0.1) is 0 Å². The fourth-order valence-electron chi connectivity index (χ4n) is 2.22. The van der Waals surface area contributed by atoms with Gasteiger partial charge in [-0.2, -0.15) is 0 Å². The number of fused-ring (bicyclic) bond motifs is 1. The maximum absolute atomic E-state index is 12.2. The molecule has 0 spiro atoms. The molecule has 1 aliphatic rings. The first-order valence-corrected chi connectivity index (χ1v) is 11.5. The molecule has 120 valence electrons. The SMILES string of the molecule is CC(=O)CI1(OC(C)=O)(OC(C)=O)OC(=O)c2ccccc21. The Bertz CT molecular complexity index is 641. The summed E-state index contributed by atoms with van der Waals surface area (Å²) < 4.78 is 15.8. The zero-order chi connectivity index (χ0) is 16.6. The molecule has 0 atom stereocenters. The molecule has 0 aromatic heterocycles. The molecule has 22 heavy (non-hydrogen) atoms. The third-order valence-corrected chi connectivity index (χ3v) is 12.6. The number of hydrogen-bond acceptors (Lipinski definition) is 7. The van der Waals surface area contributed by atoms with Gasteiger partial charge in [0, 0.05) is 0 Å². The van der Waals surface area contributed by atoms with Gasteiger partial charge in [-0.15, -0.1) is 0 Å². The molecule has 1 aromatic rings. The van der Waals surface area contributed by atoms with Gasteiger partial charge >= 0.3 is 129 Å². The van der Waals surface area contributed by atoms with Crippen LogP contribution in [0.25, 0.3) is 0 Å². The number of Topliss-reactive ketones (excluding diaryl/α,β-unsaturated/α-hetero) is 1. The monoisotopic (exact) mass is 422 g/mol. The van der Waals surface area contributed by atoms with E-state index in [4.69, 9.17) is 9.20 Å². The summed E-state index contributed by atoms with van der Waals surface area (Å²) in [7, 11) is 0. The number of ketones is 1. The van der Waals surface area contributed by atoms with Crippen LogP contribution in [-0.4, -0.2) is 28.1 Å². The van der Waals surface area contributed by atoms with E-state index in [1.54, 1.807) is 12.1 Å². The molecule has 8 heteroatoms. The van der Waals surface area contributed by atoms with Crippen LogP contribution in [0.5, 0.6) is 0 Å². The van der Waals surface area contributed by atoms with E-state index in [-0.39, 0.29) is 9.13 Å². The number of carbonyl (C=O) groups is 4. The van der Waals surface area contributed by atoms with Crippen LogP contribution in [0.3, 0.4) is 0 Å². The second-order valence-electron chi connectivity index (χ2n) is 4.70. The number of hydrogen-bond donors (Lipinski definition) is 0. The molecule has 0 N–H and O–H groups in total. The van der Waals surface area contributed by atoms with Gasteiger partial charge in [0.25, 0.3) is 0 Å². The zero-order valence-corrected chi connectivity index (χ0v) is 14.4. The van der Waals surface area contributed by atoms with E-state index in [9.17, 15) is 19.2 Å². The molecule has 0 amide bonds. The van der Waals surface area contributed by atoms with Crippen LogP contribution in [-0.2, 0) is 23.6 Å². The summed E-state index contributed by atoms with van der Waals surface area (Å²) in [4.78, 5) is 47.2. The van der Waals surface area contributed by atoms with Crippen molar-refractivity contribution in [3.8, 4) is 0 Å². The van der Waals surface area contributed by atoms with Crippen molar-refractivity contribution < 1.29 is 28.4 Å². The van der Waals surface area contributed by atoms with Gasteiger partial charge in [0.1, 0.15) is 0 Å². The van der Waals surface area contributed by atoms with E-state index in [1.807, 2.05) is 0 Å². The van der Waals surface area contributed by atoms with Crippen LogP contribution in [0.15, 0.2) is 24.3 Å². The molecule has 0 aliphatic carbocycles. The van der Waals surface area contributed by atoms with Gasteiger partial charge in [-0.05, 0) is 0 Å². The van der Waals surface area contributed by atoms with E-state index in [1.165, 1.54) is 19.1 Å². The van der Waals surface area contributed by atoms with Crippen LogP contribution in [0.1, 0.15) is 31.1 Å². The van der Waals surface area contributed by atoms with Crippen LogP contribution in [0.4, 0.5) is 0 Å². The van der Waals surface area contributed by atoms with Crippen molar-refractivity contribution in [1.82, 2.24) is 0 Å². The molecule has 2 rings (SSSR count). The third kappa shape index (κ3) is 2.58. The molecule has 0 saturated heterocycles. The first kappa shape index (κ1) is 16.4. The standard InChI is InChI=1S/C14H15IO7/c1-9(16)8-15(20-10(2)17,21-11(3)18)13-7-5-4-6-12(13)14(19)22-15/h4-7H,8H2,1-3H3. The number of halogens is 1. The molecule has 1 aliphatic heterocycles. The zero-order valence-electron chi connectivity index (χ0n) is 12.3. The summed E-state index contributed by atoms with van der Waals surface area (Å²) in [6, 6.07) is 6.15. The fraction of sp³-hybridized carbons (Fsp3) is 0.286. The first-order chi connectivity index (χ1) is 10.2. The third-order valence-electron chi connectivity index (χ3n) is 2.66. The first-order valence-electron chi connectivity index (χ1n) is 6.28. The predicted molar refractivity (Wildman–Crippen MR) is 83.7 cm³/mol. The average Bonchev–Trinajstić information content (AvgIpc) is 2.57. The van der Waals surface area contributed by atoms with E-state index >= 15 is 0 Å². The van der Waals surface area contributed by atoms with Gasteiger partial charge < -0.3 is 0 Å². The molecular weight excluding hydrogens is 407 g/mol. The summed E-state index contributed by atoms with van der Waals surface area (Å²) in [5, 5.41) is 0.